The summed E-state index contributed by atoms with van der Waals surface area (Å²) < 4.78 is 16.2. The van der Waals surface area contributed by atoms with Gasteiger partial charge in [-0.1, -0.05) is 29.3 Å². The highest BCUT2D eigenvalue weighted by Gasteiger charge is 2.15. The fraction of sp³-hybridized carbons (Fsp3) is 0.250. The topological polar surface area (TPSA) is 52.6 Å². The number of hydrogen-bond donors (Lipinski definition) is 1. The van der Waals surface area contributed by atoms with Crippen LogP contribution in [0.15, 0.2) is 36.5 Å². The van der Waals surface area contributed by atoms with E-state index >= 15 is 0 Å². The molecule has 0 unspecified atom stereocenters. The number of thiazole rings is 1. The van der Waals surface area contributed by atoms with E-state index in [0.717, 1.165) is 21.0 Å². The van der Waals surface area contributed by atoms with Gasteiger partial charge in [0.2, 0.25) is 5.75 Å². The minimum atomic E-state index is 0.555. The Morgan fingerprint density at radius 1 is 0.929 bits per heavy atom. The number of ether oxygens (including phenoxy) is 3. The third kappa shape index (κ3) is 4.70. The van der Waals surface area contributed by atoms with Crippen molar-refractivity contribution in [3.8, 4) is 27.7 Å². The largest absolute Gasteiger partial charge is 0.493 e. The van der Waals surface area contributed by atoms with Gasteiger partial charge >= 0.3 is 0 Å². The maximum absolute atomic E-state index is 6.05. The van der Waals surface area contributed by atoms with Gasteiger partial charge in [0, 0.05) is 24.8 Å². The highest BCUT2D eigenvalue weighted by atomic mass is 35.5. The SMILES string of the molecule is COc1cc(-c2cnc(CNCc3ccc(Cl)c(Cl)c3)s2)cc(OC)c1OC. The minimum absolute atomic E-state index is 0.555. The Morgan fingerprint density at radius 2 is 1.64 bits per heavy atom. The average molecular weight is 439 g/mol. The molecule has 28 heavy (non-hydrogen) atoms. The van der Waals surface area contributed by atoms with Gasteiger partial charge in [0.1, 0.15) is 5.01 Å². The maximum atomic E-state index is 6.05. The Balaban J connectivity index is 1.70. The van der Waals surface area contributed by atoms with Crippen molar-refractivity contribution in [1.82, 2.24) is 10.3 Å². The second-order valence-electron chi connectivity index (χ2n) is 5.88. The van der Waals surface area contributed by atoms with Crippen LogP contribution < -0.4 is 19.5 Å². The molecule has 0 saturated carbocycles. The second-order valence-corrected chi connectivity index (χ2v) is 7.81. The molecule has 3 rings (SSSR count). The number of benzene rings is 2. The number of nitrogens with one attached hydrogen (secondary N) is 1. The molecule has 0 aliphatic heterocycles. The van der Waals surface area contributed by atoms with E-state index in [2.05, 4.69) is 10.3 Å². The van der Waals surface area contributed by atoms with E-state index in [4.69, 9.17) is 37.4 Å². The molecule has 0 atom stereocenters. The van der Waals surface area contributed by atoms with Crippen LogP contribution in [0.3, 0.4) is 0 Å². The molecule has 5 nitrogen and oxygen atoms in total. The van der Waals surface area contributed by atoms with Crippen LogP contribution in [0.4, 0.5) is 0 Å². The zero-order valence-corrected chi connectivity index (χ0v) is 18.0. The van der Waals surface area contributed by atoms with Crippen molar-refractivity contribution in [2.45, 2.75) is 13.1 Å². The minimum Gasteiger partial charge on any atom is -0.493 e. The fourth-order valence-electron chi connectivity index (χ4n) is 2.71. The van der Waals surface area contributed by atoms with Crippen molar-refractivity contribution in [2.75, 3.05) is 21.3 Å². The van der Waals surface area contributed by atoms with Crippen molar-refractivity contribution >= 4 is 34.5 Å². The molecule has 0 fully saturated rings. The lowest BCUT2D eigenvalue weighted by Gasteiger charge is -2.13. The van der Waals surface area contributed by atoms with Crippen LogP contribution in [-0.2, 0) is 13.1 Å². The van der Waals surface area contributed by atoms with E-state index < -0.39 is 0 Å². The Kier molecular flexibility index (Phi) is 7.02. The molecule has 148 valence electrons. The molecule has 2 aromatic carbocycles. The van der Waals surface area contributed by atoms with E-state index in [9.17, 15) is 0 Å². The molecular formula is C20H20Cl2N2O3S. The third-order valence-corrected chi connectivity index (χ3v) is 5.88. The number of halogens is 2. The molecule has 1 aromatic heterocycles. The van der Waals surface area contributed by atoms with Gasteiger partial charge in [-0.25, -0.2) is 4.98 Å². The second kappa shape index (κ2) is 9.47. The average Bonchev–Trinajstić information content (AvgIpc) is 3.18. The van der Waals surface area contributed by atoms with Crippen LogP contribution in [-0.4, -0.2) is 26.3 Å². The molecule has 0 saturated heterocycles. The van der Waals surface area contributed by atoms with Gasteiger partial charge in [0.05, 0.1) is 36.3 Å². The van der Waals surface area contributed by atoms with E-state index in [1.54, 1.807) is 38.7 Å². The van der Waals surface area contributed by atoms with Gasteiger partial charge in [-0.15, -0.1) is 11.3 Å². The third-order valence-electron chi connectivity index (χ3n) is 4.09. The van der Waals surface area contributed by atoms with E-state index in [1.807, 2.05) is 30.5 Å². The summed E-state index contributed by atoms with van der Waals surface area (Å²) in [4.78, 5) is 5.52. The van der Waals surface area contributed by atoms with Crippen LogP contribution in [0, 0.1) is 0 Å². The molecule has 0 spiro atoms. The smallest absolute Gasteiger partial charge is 0.203 e. The summed E-state index contributed by atoms with van der Waals surface area (Å²) in [6.07, 6.45) is 1.85. The van der Waals surface area contributed by atoms with Crippen molar-refractivity contribution in [2.24, 2.45) is 0 Å². The summed E-state index contributed by atoms with van der Waals surface area (Å²) in [5.74, 6) is 1.80. The highest BCUT2D eigenvalue weighted by Crippen LogP contribution is 2.42. The monoisotopic (exact) mass is 438 g/mol. The molecule has 0 bridgehead atoms. The molecule has 0 amide bonds. The fourth-order valence-corrected chi connectivity index (χ4v) is 3.91. The Hall–Kier alpha value is -1.99. The van der Waals surface area contributed by atoms with E-state index in [0.29, 0.717) is 40.4 Å². The van der Waals surface area contributed by atoms with Gasteiger partial charge in [-0.2, -0.15) is 0 Å². The van der Waals surface area contributed by atoms with Crippen molar-refractivity contribution in [1.29, 1.82) is 0 Å². The van der Waals surface area contributed by atoms with Gasteiger partial charge in [-0.3, -0.25) is 0 Å². The Bertz CT molecular complexity index is 937. The first-order valence-electron chi connectivity index (χ1n) is 8.45. The summed E-state index contributed by atoms with van der Waals surface area (Å²) in [6.45, 7) is 1.32. The van der Waals surface area contributed by atoms with Gasteiger partial charge in [0.25, 0.3) is 0 Å². The normalized spacial score (nSPS) is 10.8. The number of hydrogen-bond acceptors (Lipinski definition) is 6. The van der Waals surface area contributed by atoms with Crippen LogP contribution >= 0.6 is 34.5 Å². The van der Waals surface area contributed by atoms with E-state index in [-0.39, 0.29) is 0 Å². The quantitative estimate of drug-likeness (QED) is 0.507. The lowest BCUT2D eigenvalue weighted by molar-refractivity contribution is 0.324. The molecule has 0 radical (unpaired) electrons. The van der Waals surface area contributed by atoms with Crippen LogP contribution in [0.25, 0.3) is 10.4 Å². The van der Waals surface area contributed by atoms with E-state index in [1.165, 1.54) is 0 Å². The summed E-state index contributed by atoms with van der Waals surface area (Å²) in [7, 11) is 4.79. The predicted molar refractivity (Wildman–Crippen MR) is 114 cm³/mol. The van der Waals surface area contributed by atoms with Gasteiger partial charge < -0.3 is 19.5 Å². The maximum Gasteiger partial charge on any atom is 0.203 e. The Morgan fingerprint density at radius 3 is 2.25 bits per heavy atom. The van der Waals surface area contributed by atoms with Crippen molar-refractivity contribution in [3.63, 3.8) is 0 Å². The summed E-state index contributed by atoms with van der Waals surface area (Å²) in [6, 6.07) is 9.45. The first-order chi connectivity index (χ1) is 13.5. The molecular weight excluding hydrogens is 419 g/mol. The lowest BCUT2D eigenvalue weighted by atomic mass is 10.1. The summed E-state index contributed by atoms with van der Waals surface area (Å²) >= 11 is 13.6. The number of methoxy groups -OCH3 is 3. The molecule has 0 aliphatic carbocycles. The standard InChI is InChI=1S/C20H20Cl2N2O3S/c1-25-16-7-13(8-17(26-2)20(16)27-3)18-10-24-19(28-18)11-23-9-12-4-5-14(21)15(22)6-12/h4-8,10,23H,9,11H2,1-3H3. The molecule has 8 heteroatoms. The van der Waals surface area contributed by atoms with Gasteiger partial charge in [0.15, 0.2) is 11.5 Å². The zero-order valence-electron chi connectivity index (χ0n) is 15.7. The Labute approximate surface area is 178 Å². The van der Waals surface area contributed by atoms with Crippen LogP contribution in [0.2, 0.25) is 10.0 Å². The number of nitrogens with zero attached hydrogens (tertiary/aromatic N) is 1. The lowest BCUT2D eigenvalue weighted by Crippen LogP contribution is -2.12. The zero-order chi connectivity index (χ0) is 20.1. The van der Waals surface area contributed by atoms with Crippen LogP contribution in [0.1, 0.15) is 10.6 Å². The van der Waals surface area contributed by atoms with Crippen molar-refractivity contribution < 1.29 is 14.2 Å². The number of rotatable bonds is 8. The van der Waals surface area contributed by atoms with Crippen LogP contribution in [0.5, 0.6) is 17.2 Å². The molecule has 1 heterocycles. The summed E-state index contributed by atoms with van der Waals surface area (Å²) in [5, 5.41) is 5.46. The highest BCUT2D eigenvalue weighted by molar-refractivity contribution is 7.15. The summed E-state index contributed by atoms with van der Waals surface area (Å²) in [5.41, 5.74) is 2.03. The first-order valence-corrected chi connectivity index (χ1v) is 10.0. The van der Waals surface area contributed by atoms with Gasteiger partial charge in [-0.05, 0) is 29.8 Å². The molecule has 1 N–H and O–H groups in total. The predicted octanol–water partition coefficient (Wildman–Crippen LogP) is 5.43. The number of aromatic nitrogens is 1. The van der Waals surface area contributed by atoms with Crippen molar-refractivity contribution in [3.05, 3.63) is 57.1 Å². The molecule has 0 aliphatic rings. The molecule has 3 aromatic rings. The first kappa shape index (κ1) is 20.7.